The van der Waals surface area contributed by atoms with E-state index in [1.54, 1.807) is 0 Å². The molecule has 3 rings (SSSR count). The monoisotopic (exact) mass is 616 g/mol. The van der Waals surface area contributed by atoms with Gasteiger partial charge in [-0.1, -0.05) is 50.3 Å². The van der Waals surface area contributed by atoms with Crippen molar-refractivity contribution in [2.75, 3.05) is 0 Å². The van der Waals surface area contributed by atoms with Gasteiger partial charge >= 0.3 is 30.1 Å². The second-order valence-corrected chi connectivity index (χ2v) is 8.84. The highest BCUT2D eigenvalue weighted by atomic mass is 19.4. The maximum Gasteiger partial charge on any atom is 0.421 e. The number of carbonyl (C=O) groups is 4. The van der Waals surface area contributed by atoms with Crippen LogP contribution in [0.2, 0.25) is 0 Å². The van der Waals surface area contributed by atoms with Crippen LogP contribution in [-0.4, -0.2) is 23.9 Å². The summed E-state index contributed by atoms with van der Waals surface area (Å²) in [5.41, 5.74) is -2.23. The number of hydrogen-bond acceptors (Lipinski definition) is 8. The topological polar surface area (TPSA) is 105 Å². The van der Waals surface area contributed by atoms with Crippen LogP contribution in [0.1, 0.15) is 23.6 Å². The molecule has 8 nitrogen and oxygen atoms in total. The summed E-state index contributed by atoms with van der Waals surface area (Å²) in [5, 5.41) is 0. The number of benzene rings is 3. The summed E-state index contributed by atoms with van der Waals surface area (Å²) in [6, 6.07) is 11.4. The molecule has 3 aromatic carbocycles. The first-order chi connectivity index (χ1) is 21.3. The molecule has 0 aliphatic heterocycles. The second-order valence-electron chi connectivity index (χ2n) is 8.84. The Hall–Kier alpha value is -6.15. The fourth-order valence-electron chi connectivity index (χ4n) is 3.55. The standard InChI is InChI=1S/C34H23F3O8/c1-6-27(38)42-24-17-13-22(14-18-24)30-26(44-28(39)7-2)19-23(31(34(35,36)37)32(30)45-29(40)8-3)12-9-21-10-15-25(16-11-21)43-33(41)20(4)5/h6-8,10-11,13-19H,1-4H2,5H3. The van der Waals surface area contributed by atoms with E-state index in [-0.39, 0.29) is 28.2 Å². The van der Waals surface area contributed by atoms with E-state index in [4.69, 9.17) is 18.9 Å². The minimum absolute atomic E-state index is 0.0166. The van der Waals surface area contributed by atoms with E-state index in [1.165, 1.54) is 55.5 Å². The predicted molar refractivity (Wildman–Crippen MR) is 157 cm³/mol. The van der Waals surface area contributed by atoms with Crippen molar-refractivity contribution in [3.8, 4) is 46.0 Å². The van der Waals surface area contributed by atoms with Gasteiger partial charge in [-0.3, -0.25) is 0 Å². The van der Waals surface area contributed by atoms with E-state index in [9.17, 15) is 32.3 Å². The van der Waals surface area contributed by atoms with Gasteiger partial charge in [0, 0.05) is 34.9 Å². The highest BCUT2D eigenvalue weighted by Crippen LogP contribution is 2.49. The quantitative estimate of drug-likeness (QED) is 0.116. The number of carbonyl (C=O) groups excluding carboxylic acids is 4. The van der Waals surface area contributed by atoms with Crippen molar-refractivity contribution in [2.24, 2.45) is 0 Å². The van der Waals surface area contributed by atoms with Crippen LogP contribution in [-0.2, 0) is 25.4 Å². The summed E-state index contributed by atoms with van der Waals surface area (Å²) < 4.78 is 64.6. The maximum atomic E-state index is 14.7. The van der Waals surface area contributed by atoms with Crippen LogP contribution in [0.3, 0.4) is 0 Å². The van der Waals surface area contributed by atoms with E-state index < -0.39 is 58.2 Å². The Balaban J connectivity index is 2.29. The molecule has 0 heterocycles. The lowest BCUT2D eigenvalue weighted by Gasteiger charge is -2.21. The zero-order chi connectivity index (χ0) is 33.3. The molecule has 0 aliphatic rings. The Morgan fingerprint density at radius 1 is 0.733 bits per heavy atom. The number of ether oxygens (including phenoxy) is 4. The Labute approximate surface area is 255 Å². The molecule has 0 saturated heterocycles. The molecule has 0 spiro atoms. The van der Waals surface area contributed by atoms with E-state index >= 15 is 0 Å². The molecular formula is C34H23F3O8. The van der Waals surface area contributed by atoms with Crippen molar-refractivity contribution in [3.05, 3.63) is 121 Å². The van der Waals surface area contributed by atoms with Crippen molar-refractivity contribution < 1.29 is 51.3 Å². The number of alkyl halides is 3. The van der Waals surface area contributed by atoms with Gasteiger partial charge in [-0.05, 0) is 55.0 Å². The fraction of sp³-hybridized carbons (Fsp3) is 0.0588. The summed E-state index contributed by atoms with van der Waals surface area (Å²) in [4.78, 5) is 47.9. The third-order valence-electron chi connectivity index (χ3n) is 5.56. The van der Waals surface area contributed by atoms with E-state index in [2.05, 4.69) is 38.2 Å². The summed E-state index contributed by atoms with van der Waals surface area (Å²) in [7, 11) is 0. The van der Waals surface area contributed by atoms with Crippen molar-refractivity contribution in [1.29, 1.82) is 0 Å². The lowest BCUT2D eigenvalue weighted by Crippen LogP contribution is -2.16. The molecule has 0 fully saturated rings. The molecule has 228 valence electrons. The van der Waals surface area contributed by atoms with Gasteiger partial charge in [0.25, 0.3) is 0 Å². The zero-order valence-electron chi connectivity index (χ0n) is 23.7. The molecule has 45 heavy (non-hydrogen) atoms. The van der Waals surface area contributed by atoms with Gasteiger partial charge in [0.05, 0.1) is 5.56 Å². The van der Waals surface area contributed by atoms with Gasteiger partial charge in [0.15, 0.2) is 5.75 Å². The molecule has 0 N–H and O–H groups in total. The first-order valence-electron chi connectivity index (χ1n) is 12.7. The van der Waals surface area contributed by atoms with Gasteiger partial charge in [-0.25, -0.2) is 19.2 Å². The highest BCUT2D eigenvalue weighted by molar-refractivity contribution is 5.92. The smallest absolute Gasteiger partial charge is 0.421 e. The van der Waals surface area contributed by atoms with Crippen molar-refractivity contribution in [1.82, 2.24) is 0 Å². The molecule has 0 radical (unpaired) electrons. The van der Waals surface area contributed by atoms with Gasteiger partial charge in [0.1, 0.15) is 22.8 Å². The Morgan fingerprint density at radius 3 is 1.78 bits per heavy atom. The van der Waals surface area contributed by atoms with E-state index in [0.29, 0.717) is 6.08 Å². The minimum atomic E-state index is -5.14. The number of rotatable bonds is 9. The normalized spacial score (nSPS) is 10.3. The minimum Gasteiger partial charge on any atom is -0.423 e. The van der Waals surface area contributed by atoms with Crippen LogP contribution >= 0.6 is 0 Å². The molecule has 0 aliphatic carbocycles. The number of hydrogen-bond donors (Lipinski definition) is 0. The average molecular weight is 617 g/mol. The molecule has 3 aromatic rings. The molecule has 0 amide bonds. The fourth-order valence-corrected chi connectivity index (χ4v) is 3.55. The summed E-state index contributed by atoms with van der Waals surface area (Å²) in [5.74, 6) is -0.0670. The predicted octanol–water partition coefficient (Wildman–Crippen LogP) is 6.53. The molecule has 0 bridgehead atoms. The van der Waals surface area contributed by atoms with Crippen LogP contribution in [0.15, 0.2) is 105 Å². The average Bonchev–Trinajstić information content (AvgIpc) is 3.00. The molecule has 11 heteroatoms. The Kier molecular flexibility index (Phi) is 10.6. The summed E-state index contributed by atoms with van der Waals surface area (Å²) in [6.07, 6.45) is -2.80. The Bertz CT molecular complexity index is 1770. The SMILES string of the molecule is C=CC(=O)Oc1ccc(-c2c(OC(=O)C=C)cc(C#Cc3ccc(OC(=O)C(=C)C)cc3)c(C(F)(F)F)c2OC(=O)C=C)cc1. The van der Waals surface area contributed by atoms with E-state index in [1.807, 2.05) is 0 Å². The van der Waals surface area contributed by atoms with Crippen LogP contribution in [0.5, 0.6) is 23.0 Å². The molecular weight excluding hydrogens is 593 g/mol. The lowest BCUT2D eigenvalue weighted by molar-refractivity contribution is -0.141. The van der Waals surface area contributed by atoms with Crippen molar-refractivity contribution >= 4 is 23.9 Å². The molecule has 0 unspecified atom stereocenters. The molecule has 0 saturated carbocycles. The van der Waals surface area contributed by atoms with Crippen LogP contribution < -0.4 is 18.9 Å². The van der Waals surface area contributed by atoms with Crippen molar-refractivity contribution in [3.63, 3.8) is 0 Å². The van der Waals surface area contributed by atoms with E-state index in [0.717, 1.165) is 18.2 Å². The maximum absolute atomic E-state index is 14.7. The molecule has 0 atom stereocenters. The highest BCUT2D eigenvalue weighted by Gasteiger charge is 2.41. The van der Waals surface area contributed by atoms with Gasteiger partial charge < -0.3 is 18.9 Å². The Morgan fingerprint density at radius 2 is 1.24 bits per heavy atom. The number of esters is 4. The zero-order valence-corrected chi connectivity index (χ0v) is 23.7. The summed E-state index contributed by atoms with van der Waals surface area (Å²) >= 11 is 0. The van der Waals surface area contributed by atoms with Gasteiger partial charge in [-0.2, -0.15) is 13.2 Å². The van der Waals surface area contributed by atoms with Gasteiger partial charge in [0.2, 0.25) is 0 Å². The lowest BCUT2D eigenvalue weighted by atomic mass is 9.95. The second kappa shape index (κ2) is 14.3. The van der Waals surface area contributed by atoms with Crippen molar-refractivity contribution in [2.45, 2.75) is 13.1 Å². The first-order valence-corrected chi connectivity index (χ1v) is 12.7. The van der Waals surface area contributed by atoms with Gasteiger partial charge in [-0.15, -0.1) is 0 Å². The first kappa shape index (κ1) is 33.4. The third-order valence-corrected chi connectivity index (χ3v) is 5.56. The largest absolute Gasteiger partial charge is 0.423 e. The van der Waals surface area contributed by atoms with Crippen LogP contribution in [0.25, 0.3) is 11.1 Å². The third kappa shape index (κ3) is 8.68. The van der Waals surface area contributed by atoms with Crippen LogP contribution in [0, 0.1) is 11.8 Å². The van der Waals surface area contributed by atoms with Crippen LogP contribution in [0.4, 0.5) is 13.2 Å². The molecule has 0 aromatic heterocycles. The number of halogens is 3. The summed E-state index contributed by atoms with van der Waals surface area (Å²) in [6.45, 7) is 14.8.